The molecule has 3 aromatic rings. The number of halogens is 1. The van der Waals surface area contributed by atoms with E-state index in [1.54, 1.807) is 19.1 Å². The van der Waals surface area contributed by atoms with Crippen molar-refractivity contribution in [2.45, 2.75) is 20.1 Å². The molecule has 2 aromatic carbocycles. The van der Waals surface area contributed by atoms with Crippen LogP contribution in [0.2, 0.25) is 0 Å². The molecular formula is C22H21FN2O4S. The number of rotatable bonds is 7. The molecule has 156 valence electrons. The third-order valence-corrected chi connectivity index (χ3v) is 4.96. The fourth-order valence-electron chi connectivity index (χ4n) is 2.88. The molecule has 1 heterocycles. The third kappa shape index (κ3) is 5.49. The molecule has 0 saturated carbocycles. The Labute approximate surface area is 174 Å². The molecule has 8 heteroatoms. The summed E-state index contributed by atoms with van der Waals surface area (Å²) in [5, 5.41) is 4.20. The minimum atomic E-state index is -3.76. The fourth-order valence-corrected chi connectivity index (χ4v) is 3.21. The predicted octanol–water partition coefficient (Wildman–Crippen LogP) is 3.55. The maximum Gasteiger partial charge on any atom is 0.273 e. The van der Waals surface area contributed by atoms with Crippen molar-refractivity contribution in [2.75, 3.05) is 6.26 Å². The lowest BCUT2D eigenvalue weighted by molar-refractivity contribution is 0.309. The highest BCUT2D eigenvalue weighted by atomic mass is 32.2. The van der Waals surface area contributed by atoms with Gasteiger partial charge in [-0.25, -0.2) is 9.07 Å². The Morgan fingerprint density at radius 3 is 2.57 bits per heavy atom. The Bertz CT molecular complexity index is 1240. The summed E-state index contributed by atoms with van der Waals surface area (Å²) < 4.78 is 42.7. The predicted molar refractivity (Wildman–Crippen MR) is 114 cm³/mol. The molecule has 0 aliphatic heterocycles. The summed E-state index contributed by atoms with van der Waals surface area (Å²) in [6.07, 6.45) is 6.02. The van der Waals surface area contributed by atoms with Crippen LogP contribution in [0.5, 0.6) is 0 Å². The average Bonchev–Trinajstić information content (AvgIpc) is 2.70. The molecule has 0 aliphatic carbocycles. The average molecular weight is 428 g/mol. The first-order valence-electron chi connectivity index (χ1n) is 9.16. The van der Waals surface area contributed by atoms with Crippen molar-refractivity contribution in [1.82, 2.24) is 9.78 Å². The summed E-state index contributed by atoms with van der Waals surface area (Å²) in [5.74, 6) is -0.375. The van der Waals surface area contributed by atoms with Crippen LogP contribution >= 0.6 is 0 Å². The van der Waals surface area contributed by atoms with E-state index in [1.165, 1.54) is 23.0 Å². The Morgan fingerprint density at radius 2 is 1.90 bits per heavy atom. The number of hydrogen-bond acceptors (Lipinski definition) is 5. The second-order valence-electron chi connectivity index (χ2n) is 6.77. The zero-order valence-corrected chi connectivity index (χ0v) is 17.4. The van der Waals surface area contributed by atoms with Crippen molar-refractivity contribution in [3.8, 4) is 11.1 Å². The van der Waals surface area contributed by atoms with Crippen molar-refractivity contribution < 1.29 is 17.0 Å². The van der Waals surface area contributed by atoms with E-state index in [0.29, 0.717) is 16.7 Å². The van der Waals surface area contributed by atoms with Gasteiger partial charge in [-0.05, 0) is 35.7 Å². The summed E-state index contributed by atoms with van der Waals surface area (Å²) in [7, 11) is -3.76. The Hall–Kier alpha value is -3.10. The van der Waals surface area contributed by atoms with Crippen LogP contribution < -0.4 is 5.56 Å². The van der Waals surface area contributed by atoms with Gasteiger partial charge < -0.3 is 0 Å². The van der Waals surface area contributed by atoms with E-state index >= 15 is 0 Å². The number of benzene rings is 2. The largest absolute Gasteiger partial charge is 0.273 e. The van der Waals surface area contributed by atoms with Gasteiger partial charge in [0.15, 0.2) is 0 Å². The monoisotopic (exact) mass is 428 g/mol. The van der Waals surface area contributed by atoms with Crippen molar-refractivity contribution in [2.24, 2.45) is 0 Å². The van der Waals surface area contributed by atoms with Crippen LogP contribution in [0.25, 0.3) is 17.2 Å². The van der Waals surface area contributed by atoms with Gasteiger partial charge in [-0.2, -0.15) is 13.5 Å². The van der Waals surface area contributed by atoms with Gasteiger partial charge in [0.2, 0.25) is 0 Å². The zero-order valence-electron chi connectivity index (χ0n) is 16.6. The van der Waals surface area contributed by atoms with Crippen LogP contribution in [-0.4, -0.2) is 24.5 Å². The van der Waals surface area contributed by atoms with Gasteiger partial charge >= 0.3 is 0 Å². The molecule has 0 fully saturated rings. The van der Waals surface area contributed by atoms with E-state index in [4.69, 9.17) is 4.18 Å². The van der Waals surface area contributed by atoms with Crippen LogP contribution in [0.4, 0.5) is 4.39 Å². The van der Waals surface area contributed by atoms with Crippen LogP contribution in [0, 0.1) is 12.7 Å². The van der Waals surface area contributed by atoms with Crippen LogP contribution in [-0.2, 0) is 27.5 Å². The molecule has 30 heavy (non-hydrogen) atoms. The summed E-state index contributed by atoms with van der Waals surface area (Å²) in [5.41, 5.74) is 1.99. The molecule has 0 N–H and O–H groups in total. The first-order chi connectivity index (χ1) is 14.2. The number of aromatic nitrogens is 2. The summed E-state index contributed by atoms with van der Waals surface area (Å²) >= 11 is 0. The van der Waals surface area contributed by atoms with Gasteiger partial charge in [-0.15, -0.1) is 0 Å². The third-order valence-electron chi connectivity index (χ3n) is 4.42. The van der Waals surface area contributed by atoms with Gasteiger partial charge in [0.25, 0.3) is 15.7 Å². The van der Waals surface area contributed by atoms with E-state index < -0.39 is 22.3 Å². The van der Waals surface area contributed by atoms with Crippen LogP contribution in [0.15, 0.2) is 65.6 Å². The number of allylic oxidation sites excluding steroid dienone is 1. The molecule has 0 unspecified atom stereocenters. The lowest BCUT2D eigenvalue weighted by Crippen LogP contribution is -2.27. The summed E-state index contributed by atoms with van der Waals surface area (Å²) in [6.45, 7) is 1.37. The van der Waals surface area contributed by atoms with Gasteiger partial charge in [0.1, 0.15) is 5.82 Å². The molecule has 0 amide bonds. The summed E-state index contributed by atoms with van der Waals surface area (Å²) in [6, 6.07) is 14.0. The van der Waals surface area contributed by atoms with Crippen molar-refractivity contribution in [1.29, 1.82) is 0 Å². The zero-order chi connectivity index (χ0) is 21.7. The quantitative estimate of drug-likeness (QED) is 0.538. The smallest absolute Gasteiger partial charge is 0.267 e. The SMILES string of the molecule is Cc1cc(-c2cnn(CC=Cc3ccccc3)c(=O)c2COS(C)(=O)=O)ccc1F. The molecule has 1 aromatic heterocycles. The topological polar surface area (TPSA) is 78.3 Å². The molecule has 3 rings (SSSR count). The molecule has 6 nitrogen and oxygen atoms in total. The normalized spacial score (nSPS) is 11.8. The van der Waals surface area contributed by atoms with E-state index in [9.17, 15) is 17.6 Å². The number of hydrogen-bond donors (Lipinski definition) is 0. The maximum atomic E-state index is 13.6. The lowest BCUT2D eigenvalue weighted by atomic mass is 10.0. The van der Waals surface area contributed by atoms with Crippen molar-refractivity contribution in [3.05, 3.63) is 93.7 Å². The minimum absolute atomic E-state index is 0.134. The maximum absolute atomic E-state index is 13.6. The Morgan fingerprint density at radius 1 is 1.17 bits per heavy atom. The number of aryl methyl sites for hydroxylation is 1. The first-order valence-corrected chi connectivity index (χ1v) is 11.0. The molecule has 0 bridgehead atoms. The summed E-state index contributed by atoms with van der Waals surface area (Å²) in [4.78, 5) is 13.0. The highest BCUT2D eigenvalue weighted by molar-refractivity contribution is 7.85. The highest BCUT2D eigenvalue weighted by Crippen LogP contribution is 2.24. The minimum Gasteiger partial charge on any atom is -0.267 e. The van der Waals surface area contributed by atoms with Gasteiger partial charge in [-0.3, -0.25) is 8.98 Å². The molecule has 0 aliphatic rings. The molecule has 0 radical (unpaired) electrons. The van der Waals surface area contributed by atoms with E-state index in [-0.39, 0.29) is 17.9 Å². The van der Waals surface area contributed by atoms with Crippen molar-refractivity contribution >= 4 is 16.2 Å². The Kier molecular flexibility index (Phi) is 6.59. The van der Waals surface area contributed by atoms with E-state index in [1.807, 2.05) is 36.4 Å². The van der Waals surface area contributed by atoms with E-state index in [2.05, 4.69) is 5.10 Å². The van der Waals surface area contributed by atoms with Gasteiger partial charge in [0, 0.05) is 5.56 Å². The molecule has 0 spiro atoms. The standard InChI is InChI=1S/C22H21FN2O4S/c1-16-13-18(10-11-21(16)23)19-14-24-25(12-6-9-17-7-4-3-5-8-17)22(26)20(19)15-29-30(2,27)28/h3-11,13-14H,12,15H2,1-2H3. The second kappa shape index (κ2) is 9.15. The number of nitrogens with zero attached hydrogens (tertiary/aromatic N) is 2. The van der Waals surface area contributed by atoms with Crippen LogP contribution in [0.3, 0.4) is 0 Å². The van der Waals surface area contributed by atoms with Gasteiger partial charge in [-0.1, -0.05) is 48.6 Å². The Balaban J connectivity index is 1.98. The lowest BCUT2D eigenvalue weighted by Gasteiger charge is -2.12. The second-order valence-corrected chi connectivity index (χ2v) is 8.41. The van der Waals surface area contributed by atoms with Gasteiger partial charge in [0.05, 0.1) is 31.2 Å². The molecular weight excluding hydrogens is 407 g/mol. The first kappa shape index (κ1) is 21.6. The van der Waals surface area contributed by atoms with Crippen molar-refractivity contribution in [3.63, 3.8) is 0 Å². The van der Waals surface area contributed by atoms with Crippen LogP contribution in [0.1, 0.15) is 16.7 Å². The molecule has 0 atom stereocenters. The fraction of sp³-hybridized carbons (Fsp3) is 0.182. The molecule has 0 saturated heterocycles. The van der Waals surface area contributed by atoms with E-state index in [0.717, 1.165) is 11.8 Å². The highest BCUT2D eigenvalue weighted by Gasteiger charge is 2.16.